The molecule has 2 N–H and O–H groups in total. The molecule has 0 spiro atoms. The second-order valence-electron chi connectivity index (χ2n) is 5.45. The smallest absolute Gasteiger partial charge is 0.228 e. The molecule has 1 atom stereocenters. The lowest BCUT2D eigenvalue weighted by atomic mass is 9.90. The van der Waals surface area contributed by atoms with Gasteiger partial charge in [0.15, 0.2) is 0 Å². The van der Waals surface area contributed by atoms with Gasteiger partial charge < -0.3 is 15.4 Å². The highest BCUT2D eigenvalue weighted by atomic mass is 16.5. The van der Waals surface area contributed by atoms with Crippen molar-refractivity contribution in [2.24, 2.45) is 0 Å². The minimum absolute atomic E-state index is 0.0778. The monoisotopic (exact) mass is 276 g/mol. The number of rotatable bonds is 6. The first-order valence-corrected chi connectivity index (χ1v) is 7.36. The lowest BCUT2D eigenvalue weighted by molar-refractivity contribution is -0.122. The SMILES string of the molecule is CC(C)OCCCNC(=O)C1CNCc2ccccc21. The van der Waals surface area contributed by atoms with Crippen molar-refractivity contribution < 1.29 is 9.53 Å². The Balaban J connectivity index is 1.82. The Hall–Kier alpha value is -1.39. The summed E-state index contributed by atoms with van der Waals surface area (Å²) in [5, 5.41) is 6.31. The molecule has 0 aliphatic carbocycles. The lowest BCUT2D eigenvalue weighted by Gasteiger charge is -2.25. The average molecular weight is 276 g/mol. The Morgan fingerprint density at radius 3 is 3.05 bits per heavy atom. The van der Waals surface area contributed by atoms with Crippen LogP contribution in [0.15, 0.2) is 24.3 Å². The molecule has 0 aromatic heterocycles. The first kappa shape index (κ1) is 15.0. The first-order valence-electron chi connectivity index (χ1n) is 7.36. The molecule has 4 nitrogen and oxygen atoms in total. The summed E-state index contributed by atoms with van der Waals surface area (Å²) in [6.45, 7) is 6.96. The highest BCUT2D eigenvalue weighted by Crippen LogP contribution is 2.23. The maximum atomic E-state index is 12.3. The molecule has 0 bridgehead atoms. The number of ether oxygens (including phenoxy) is 1. The molecule has 0 radical (unpaired) electrons. The third-order valence-corrected chi connectivity index (χ3v) is 3.48. The van der Waals surface area contributed by atoms with Crippen LogP contribution in [0.2, 0.25) is 0 Å². The first-order chi connectivity index (χ1) is 9.68. The van der Waals surface area contributed by atoms with Crippen LogP contribution in [0.5, 0.6) is 0 Å². The molecule has 1 aliphatic heterocycles. The third kappa shape index (κ3) is 4.05. The van der Waals surface area contributed by atoms with Crippen LogP contribution in [-0.2, 0) is 16.1 Å². The molecule has 1 heterocycles. The summed E-state index contributed by atoms with van der Waals surface area (Å²) in [6.07, 6.45) is 1.10. The summed E-state index contributed by atoms with van der Waals surface area (Å²) in [6, 6.07) is 8.16. The van der Waals surface area contributed by atoms with E-state index in [4.69, 9.17) is 4.74 Å². The zero-order valence-electron chi connectivity index (χ0n) is 12.3. The van der Waals surface area contributed by atoms with E-state index in [2.05, 4.69) is 22.8 Å². The molecular weight excluding hydrogens is 252 g/mol. The zero-order chi connectivity index (χ0) is 14.4. The van der Waals surface area contributed by atoms with Crippen molar-refractivity contribution in [3.05, 3.63) is 35.4 Å². The summed E-state index contributed by atoms with van der Waals surface area (Å²) >= 11 is 0. The molecule has 1 unspecified atom stereocenters. The second kappa shape index (κ2) is 7.41. The highest BCUT2D eigenvalue weighted by molar-refractivity contribution is 5.84. The van der Waals surface area contributed by atoms with Crippen molar-refractivity contribution in [3.63, 3.8) is 0 Å². The molecule has 1 aromatic carbocycles. The summed E-state index contributed by atoms with van der Waals surface area (Å²) < 4.78 is 5.46. The van der Waals surface area contributed by atoms with E-state index >= 15 is 0 Å². The van der Waals surface area contributed by atoms with Gasteiger partial charge in [0.2, 0.25) is 5.91 Å². The fourth-order valence-electron chi connectivity index (χ4n) is 2.46. The molecule has 2 rings (SSSR count). The number of fused-ring (bicyclic) bond motifs is 1. The third-order valence-electron chi connectivity index (χ3n) is 3.48. The molecule has 1 aliphatic rings. The summed E-state index contributed by atoms with van der Waals surface area (Å²) in [5.74, 6) is 0.0279. The van der Waals surface area contributed by atoms with Gasteiger partial charge in [-0.3, -0.25) is 4.79 Å². The van der Waals surface area contributed by atoms with E-state index in [1.165, 1.54) is 5.56 Å². The van der Waals surface area contributed by atoms with Gasteiger partial charge in [-0.15, -0.1) is 0 Å². The number of amides is 1. The Morgan fingerprint density at radius 2 is 2.25 bits per heavy atom. The molecular formula is C16H24N2O2. The summed E-state index contributed by atoms with van der Waals surface area (Å²) in [5.41, 5.74) is 2.38. The van der Waals surface area contributed by atoms with Crippen molar-refractivity contribution in [3.8, 4) is 0 Å². The lowest BCUT2D eigenvalue weighted by Crippen LogP contribution is -2.39. The van der Waals surface area contributed by atoms with Crippen LogP contribution in [0.1, 0.15) is 37.3 Å². The Kier molecular flexibility index (Phi) is 5.56. The van der Waals surface area contributed by atoms with Crippen LogP contribution in [-0.4, -0.2) is 31.7 Å². The van der Waals surface area contributed by atoms with E-state index in [1.807, 2.05) is 26.0 Å². The van der Waals surface area contributed by atoms with E-state index in [0.717, 1.165) is 18.5 Å². The van der Waals surface area contributed by atoms with Gasteiger partial charge in [0.25, 0.3) is 0 Å². The number of carbonyl (C=O) groups excluding carboxylic acids is 1. The van der Waals surface area contributed by atoms with E-state index in [1.54, 1.807) is 0 Å². The van der Waals surface area contributed by atoms with Gasteiger partial charge in [0.1, 0.15) is 0 Å². The van der Waals surface area contributed by atoms with Crippen LogP contribution in [0, 0.1) is 0 Å². The molecule has 0 fully saturated rings. The number of hydrogen-bond donors (Lipinski definition) is 2. The van der Waals surface area contributed by atoms with Crippen LogP contribution in [0.25, 0.3) is 0 Å². The maximum absolute atomic E-state index is 12.3. The van der Waals surface area contributed by atoms with Gasteiger partial charge in [0.05, 0.1) is 12.0 Å². The van der Waals surface area contributed by atoms with Crippen LogP contribution in [0.3, 0.4) is 0 Å². The molecule has 0 saturated carbocycles. The fourth-order valence-corrected chi connectivity index (χ4v) is 2.46. The van der Waals surface area contributed by atoms with Crippen LogP contribution < -0.4 is 10.6 Å². The van der Waals surface area contributed by atoms with E-state index < -0.39 is 0 Å². The highest BCUT2D eigenvalue weighted by Gasteiger charge is 2.25. The van der Waals surface area contributed by atoms with Gasteiger partial charge in [0, 0.05) is 26.2 Å². The van der Waals surface area contributed by atoms with E-state index in [9.17, 15) is 4.79 Å². The molecule has 110 valence electrons. The maximum Gasteiger partial charge on any atom is 0.228 e. The van der Waals surface area contributed by atoms with Crippen molar-refractivity contribution >= 4 is 5.91 Å². The summed E-state index contributed by atoms with van der Waals surface area (Å²) in [4.78, 5) is 12.3. The van der Waals surface area contributed by atoms with Crippen molar-refractivity contribution in [2.75, 3.05) is 19.7 Å². The number of nitrogens with one attached hydrogen (secondary N) is 2. The molecule has 1 aromatic rings. The molecule has 4 heteroatoms. The van der Waals surface area contributed by atoms with Crippen molar-refractivity contribution in [2.45, 2.75) is 38.8 Å². The van der Waals surface area contributed by atoms with Gasteiger partial charge in [-0.25, -0.2) is 0 Å². The fraction of sp³-hybridized carbons (Fsp3) is 0.562. The van der Waals surface area contributed by atoms with Crippen LogP contribution in [0.4, 0.5) is 0 Å². The molecule has 1 amide bonds. The number of benzene rings is 1. The van der Waals surface area contributed by atoms with Gasteiger partial charge in [-0.1, -0.05) is 24.3 Å². The number of carbonyl (C=O) groups is 1. The standard InChI is InChI=1S/C16H24N2O2/c1-12(2)20-9-5-8-18-16(19)15-11-17-10-13-6-3-4-7-14(13)15/h3-4,6-7,12,15,17H,5,8-11H2,1-2H3,(H,18,19). The van der Waals surface area contributed by atoms with Crippen LogP contribution >= 0.6 is 0 Å². The quantitative estimate of drug-likeness (QED) is 0.779. The second-order valence-corrected chi connectivity index (χ2v) is 5.45. The Morgan fingerprint density at radius 1 is 1.45 bits per heavy atom. The zero-order valence-corrected chi connectivity index (χ0v) is 12.3. The normalized spacial score (nSPS) is 17.9. The summed E-state index contributed by atoms with van der Waals surface area (Å²) in [7, 11) is 0. The topological polar surface area (TPSA) is 50.4 Å². The van der Waals surface area contributed by atoms with Crippen molar-refractivity contribution in [1.82, 2.24) is 10.6 Å². The predicted octanol–water partition coefficient (Wildman–Crippen LogP) is 1.80. The number of hydrogen-bond acceptors (Lipinski definition) is 3. The van der Waals surface area contributed by atoms with Gasteiger partial charge in [-0.2, -0.15) is 0 Å². The molecule has 20 heavy (non-hydrogen) atoms. The predicted molar refractivity (Wildman–Crippen MR) is 79.6 cm³/mol. The average Bonchev–Trinajstić information content (AvgIpc) is 2.45. The van der Waals surface area contributed by atoms with E-state index in [-0.39, 0.29) is 17.9 Å². The minimum Gasteiger partial charge on any atom is -0.379 e. The Bertz CT molecular complexity index is 446. The minimum atomic E-state index is -0.0778. The van der Waals surface area contributed by atoms with Crippen molar-refractivity contribution in [1.29, 1.82) is 0 Å². The molecule has 0 saturated heterocycles. The van der Waals surface area contributed by atoms with E-state index in [0.29, 0.717) is 19.7 Å². The Labute approximate surface area is 120 Å². The largest absolute Gasteiger partial charge is 0.379 e. The van der Waals surface area contributed by atoms with Gasteiger partial charge in [-0.05, 0) is 31.4 Å². The van der Waals surface area contributed by atoms with Gasteiger partial charge >= 0.3 is 0 Å².